The van der Waals surface area contributed by atoms with Gasteiger partial charge in [0.1, 0.15) is 0 Å². The van der Waals surface area contributed by atoms with E-state index in [1.54, 1.807) is 0 Å². The summed E-state index contributed by atoms with van der Waals surface area (Å²) in [6.07, 6.45) is 1.76. The number of Topliss-reactive ketones (excluding diaryl/α,β-unsaturated/α-hetero) is 1. The van der Waals surface area contributed by atoms with Crippen molar-refractivity contribution in [2.45, 2.75) is 32.4 Å². The van der Waals surface area contributed by atoms with Crippen LogP contribution in [0.5, 0.6) is 0 Å². The Morgan fingerprint density at radius 1 is 1.26 bits per heavy atom. The van der Waals surface area contributed by atoms with Crippen LogP contribution in [0.1, 0.15) is 34.8 Å². The largest absolute Gasteiger partial charge is 0.384 e. The molecule has 3 rings (SSSR count). The Balaban J connectivity index is 1.67. The Labute approximate surface area is 142 Å². The molecule has 2 aromatic rings. The van der Waals surface area contributed by atoms with Crippen LogP contribution in [0, 0.1) is 0 Å². The van der Waals surface area contributed by atoms with Crippen molar-refractivity contribution < 1.29 is 4.79 Å². The fraction of sp³-hybridized carbons (Fsp3) is 0.316. The number of ketones is 1. The summed E-state index contributed by atoms with van der Waals surface area (Å²) in [5.74, 6) is 0.163. The number of carbonyl (C=O) groups is 1. The molecule has 4 heteroatoms. The lowest BCUT2D eigenvalue weighted by atomic mass is 9.99. The van der Waals surface area contributed by atoms with Gasteiger partial charge in [-0.05, 0) is 54.3 Å². The van der Waals surface area contributed by atoms with Crippen molar-refractivity contribution in [2.75, 3.05) is 11.9 Å². The number of halogens is 1. The van der Waals surface area contributed by atoms with Gasteiger partial charge in [0.05, 0.1) is 6.04 Å². The molecule has 0 saturated carbocycles. The average Bonchev–Trinajstić information content (AvgIpc) is 3.04. The van der Waals surface area contributed by atoms with Crippen LogP contribution < -0.4 is 10.6 Å². The van der Waals surface area contributed by atoms with Crippen molar-refractivity contribution in [2.24, 2.45) is 0 Å². The second-order valence-corrected chi connectivity index (χ2v) is 6.32. The molecule has 1 atom stereocenters. The lowest BCUT2D eigenvalue weighted by Gasteiger charge is -2.16. The van der Waals surface area contributed by atoms with Gasteiger partial charge >= 0.3 is 0 Å². The molecule has 0 amide bonds. The fourth-order valence-corrected chi connectivity index (χ4v) is 3.05. The van der Waals surface area contributed by atoms with E-state index in [4.69, 9.17) is 11.6 Å². The van der Waals surface area contributed by atoms with Crippen LogP contribution in [0.2, 0.25) is 5.02 Å². The highest BCUT2D eigenvalue weighted by molar-refractivity contribution is 6.30. The molecule has 120 valence electrons. The van der Waals surface area contributed by atoms with Crippen molar-refractivity contribution in [3.05, 3.63) is 64.2 Å². The van der Waals surface area contributed by atoms with Gasteiger partial charge in [-0.25, -0.2) is 0 Å². The first-order valence-electron chi connectivity index (χ1n) is 8.06. The van der Waals surface area contributed by atoms with Crippen molar-refractivity contribution in [1.82, 2.24) is 5.32 Å². The first-order chi connectivity index (χ1) is 11.2. The number of benzene rings is 2. The minimum Gasteiger partial charge on any atom is -0.384 e. The van der Waals surface area contributed by atoms with Gasteiger partial charge in [0.2, 0.25) is 0 Å². The first kappa shape index (κ1) is 16.0. The van der Waals surface area contributed by atoms with Crippen molar-refractivity contribution in [3.63, 3.8) is 0 Å². The number of hydrogen-bond donors (Lipinski definition) is 2. The van der Waals surface area contributed by atoms with E-state index < -0.39 is 0 Å². The summed E-state index contributed by atoms with van der Waals surface area (Å²) in [4.78, 5) is 12.7. The standard InChI is InChI=1S/C19H21ClN2O/c1-2-17(22-12-13-3-6-16(20)7-4-13)19(23)15-5-8-18-14(11-15)9-10-21-18/h3-8,11,17,21-22H,2,9-10,12H2,1H3. The van der Waals surface area contributed by atoms with Crippen molar-refractivity contribution >= 4 is 23.1 Å². The van der Waals surface area contributed by atoms with Crippen LogP contribution in [-0.2, 0) is 13.0 Å². The van der Waals surface area contributed by atoms with Crippen LogP contribution >= 0.6 is 11.6 Å². The van der Waals surface area contributed by atoms with Crippen LogP contribution in [0.4, 0.5) is 5.69 Å². The van der Waals surface area contributed by atoms with Gasteiger partial charge in [-0.2, -0.15) is 0 Å². The minimum atomic E-state index is -0.168. The molecule has 1 heterocycles. The van der Waals surface area contributed by atoms with E-state index in [2.05, 4.69) is 10.6 Å². The van der Waals surface area contributed by atoms with Gasteiger partial charge in [-0.3, -0.25) is 4.79 Å². The molecule has 1 aliphatic rings. The average molecular weight is 329 g/mol. The smallest absolute Gasteiger partial charge is 0.179 e. The second-order valence-electron chi connectivity index (χ2n) is 5.88. The first-order valence-corrected chi connectivity index (χ1v) is 8.44. The maximum Gasteiger partial charge on any atom is 0.179 e. The third kappa shape index (κ3) is 3.74. The summed E-state index contributed by atoms with van der Waals surface area (Å²) in [6, 6.07) is 13.5. The zero-order valence-corrected chi connectivity index (χ0v) is 14.0. The van der Waals surface area contributed by atoms with Gasteiger partial charge < -0.3 is 10.6 Å². The summed E-state index contributed by atoms with van der Waals surface area (Å²) in [6.45, 7) is 3.65. The molecular weight excluding hydrogens is 308 g/mol. The van der Waals surface area contributed by atoms with Gasteiger partial charge in [0.25, 0.3) is 0 Å². The molecule has 2 N–H and O–H groups in total. The molecule has 0 aliphatic carbocycles. The Bertz CT molecular complexity index is 697. The monoisotopic (exact) mass is 328 g/mol. The summed E-state index contributed by atoms with van der Waals surface area (Å²) in [5.41, 5.74) is 4.31. The van der Waals surface area contributed by atoms with E-state index in [1.807, 2.05) is 49.4 Å². The zero-order valence-electron chi connectivity index (χ0n) is 13.2. The lowest BCUT2D eigenvalue weighted by Crippen LogP contribution is -2.35. The van der Waals surface area contributed by atoms with E-state index >= 15 is 0 Å². The molecule has 2 aromatic carbocycles. The Kier molecular flexibility index (Phi) is 4.99. The Morgan fingerprint density at radius 2 is 2.04 bits per heavy atom. The van der Waals surface area contributed by atoms with Crippen LogP contribution in [0.25, 0.3) is 0 Å². The Morgan fingerprint density at radius 3 is 2.78 bits per heavy atom. The van der Waals surface area contributed by atoms with E-state index in [1.165, 1.54) is 5.56 Å². The Hall–Kier alpha value is -1.84. The zero-order chi connectivity index (χ0) is 16.2. The third-order valence-electron chi connectivity index (χ3n) is 4.29. The molecule has 0 fully saturated rings. The predicted octanol–water partition coefficient (Wildman–Crippen LogP) is 4.06. The molecule has 0 bridgehead atoms. The predicted molar refractivity (Wildman–Crippen MR) is 95.3 cm³/mol. The van der Waals surface area contributed by atoms with Gasteiger partial charge in [0.15, 0.2) is 5.78 Å². The highest BCUT2D eigenvalue weighted by atomic mass is 35.5. The van der Waals surface area contributed by atoms with Gasteiger partial charge in [0, 0.05) is 29.4 Å². The molecule has 0 saturated heterocycles. The normalized spacial score (nSPS) is 14.2. The fourth-order valence-electron chi connectivity index (χ4n) is 2.93. The molecule has 0 aromatic heterocycles. The molecule has 1 aliphatic heterocycles. The maximum atomic E-state index is 12.7. The van der Waals surface area contributed by atoms with Gasteiger partial charge in [-0.1, -0.05) is 30.7 Å². The second kappa shape index (κ2) is 7.16. The number of hydrogen-bond acceptors (Lipinski definition) is 3. The third-order valence-corrected chi connectivity index (χ3v) is 4.54. The molecular formula is C19H21ClN2O. The molecule has 0 radical (unpaired) electrons. The number of nitrogens with one attached hydrogen (secondary N) is 2. The topological polar surface area (TPSA) is 41.1 Å². The maximum absolute atomic E-state index is 12.7. The van der Waals surface area contributed by atoms with E-state index in [9.17, 15) is 4.79 Å². The van der Waals surface area contributed by atoms with Crippen LogP contribution in [0.15, 0.2) is 42.5 Å². The summed E-state index contributed by atoms with van der Waals surface area (Å²) < 4.78 is 0. The van der Waals surface area contributed by atoms with Crippen LogP contribution in [0.3, 0.4) is 0 Å². The number of rotatable bonds is 6. The quantitative estimate of drug-likeness (QED) is 0.786. The SMILES string of the molecule is CCC(NCc1ccc(Cl)cc1)C(=O)c1ccc2c(c1)CCN2. The molecule has 3 nitrogen and oxygen atoms in total. The number of anilines is 1. The lowest BCUT2D eigenvalue weighted by molar-refractivity contribution is 0.0939. The van der Waals surface area contributed by atoms with E-state index in [-0.39, 0.29) is 11.8 Å². The highest BCUT2D eigenvalue weighted by Gasteiger charge is 2.20. The molecule has 1 unspecified atom stereocenters. The number of carbonyl (C=O) groups excluding carboxylic acids is 1. The molecule has 0 spiro atoms. The summed E-state index contributed by atoms with van der Waals surface area (Å²) >= 11 is 5.90. The molecule has 23 heavy (non-hydrogen) atoms. The highest BCUT2D eigenvalue weighted by Crippen LogP contribution is 2.24. The van der Waals surface area contributed by atoms with Crippen molar-refractivity contribution in [3.8, 4) is 0 Å². The minimum absolute atomic E-state index is 0.163. The van der Waals surface area contributed by atoms with E-state index in [0.29, 0.717) is 6.54 Å². The summed E-state index contributed by atoms with van der Waals surface area (Å²) in [7, 11) is 0. The van der Waals surface area contributed by atoms with E-state index in [0.717, 1.165) is 41.2 Å². The van der Waals surface area contributed by atoms with Crippen LogP contribution in [-0.4, -0.2) is 18.4 Å². The van der Waals surface area contributed by atoms with Gasteiger partial charge in [-0.15, -0.1) is 0 Å². The number of fused-ring (bicyclic) bond motifs is 1. The summed E-state index contributed by atoms with van der Waals surface area (Å²) in [5, 5.41) is 7.41. The van der Waals surface area contributed by atoms with Crippen molar-refractivity contribution in [1.29, 1.82) is 0 Å².